The van der Waals surface area contributed by atoms with Crippen LogP contribution in [0.3, 0.4) is 0 Å². The lowest BCUT2D eigenvalue weighted by Gasteiger charge is -2.20. The molecule has 1 rings (SSSR count). The van der Waals surface area contributed by atoms with Crippen LogP contribution in [-0.2, 0) is 4.74 Å². The number of likely N-dealkylation sites (N-methyl/N-ethyl adjacent to an activating group) is 1. The van der Waals surface area contributed by atoms with Crippen LogP contribution in [0.1, 0.15) is 24.2 Å². The van der Waals surface area contributed by atoms with Crippen LogP contribution in [0.4, 0.5) is 5.69 Å². The number of methoxy groups -OCH3 is 1. The number of benzene rings is 1. The fourth-order valence-corrected chi connectivity index (χ4v) is 1.72. The summed E-state index contributed by atoms with van der Waals surface area (Å²) >= 11 is 0. The second-order valence-electron chi connectivity index (χ2n) is 3.99. The van der Waals surface area contributed by atoms with Crippen molar-refractivity contribution in [2.75, 3.05) is 38.7 Å². The molecular weight excluding hydrogens is 228 g/mol. The van der Waals surface area contributed by atoms with Gasteiger partial charge in [-0.25, -0.2) is 0 Å². The van der Waals surface area contributed by atoms with Crippen LogP contribution in [0.25, 0.3) is 0 Å². The van der Waals surface area contributed by atoms with Crippen molar-refractivity contribution in [1.29, 1.82) is 0 Å². The van der Waals surface area contributed by atoms with Gasteiger partial charge in [-0.05, 0) is 38.1 Å². The molecule has 1 N–H and O–H groups in total. The van der Waals surface area contributed by atoms with Gasteiger partial charge in [-0.1, -0.05) is 0 Å². The summed E-state index contributed by atoms with van der Waals surface area (Å²) in [5.41, 5.74) is 1.75. The van der Waals surface area contributed by atoms with Crippen LogP contribution in [0, 0.1) is 0 Å². The Hall–Kier alpha value is -1.55. The molecule has 0 aliphatic rings. The topological polar surface area (TPSA) is 41.6 Å². The van der Waals surface area contributed by atoms with Gasteiger partial charge in [0.2, 0.25) is 0 Å². The number of carbonyl (C=O) groups is 1. The number of rotatable bonds is 7. The van der Waals surface area contributed by atoms with Crippen molar-refractivity contribution < 1.29 is 9.53 Å². The Morgan fingerprint density at radius 2 is 1.94 bits per heavy atom. The predicted octanol–water partition coefficient (Wildman–Crippen LogP) is 2.23. The van der Waals surface area contributed by atoms with Gasteiger partial charge in [0.15, 0.2) is 0 Å². The lowest BCUT2D eigenvalue weighted by molar-refractivity contribution is 0.0706. The van der Waals surface area contributed by atoms with E-state index in [0.29, 0.717) is 19.7 Å². The molecule has 0 spiro atoms. The van der Waals surface area contributed by atoms with E-state index in [2.05, 4.69) is 5.32 Å². The normalized spacial score (nSPS) is 10.2. The molecular formula is C14H22N2O2. The van der Waals surface area contributed by atoms with Crippen LogP contribution >= 0.6 is 0 Å². The first-order chi connectivity index (χ1) is 8.72. The molecule has 0 heterocycles. The molecule has 4 heteroatoms. The third kappa shape index (κ3) is 4.04. The third-order valence-corrected chi connectivity index (χ3v) is 2.75. The monoisotopic (exact) mass is 250 g/mol. The number of ether oxygens (including phenoxy) is 1. The van der Waals surface area contributed by atoms with E-state index in [1.165, 1.54) is 0 Å². The lowest BCUT2D eigenvalue weighted by atomic mass is 10.2. The minimum atomic E-state index is 0.0533. The van der Waals surface area contributed by atoms with E-state index in [1.807, 2.05) is 38.1 Å². The van der Waals surface area contributed by atoms with Crippen LogP contribution in [0.2, 0.25) is 0 Å². The first-order valence-electron chi connectivity index (χ1n) is 6.35. The average Bonchev–Trinajstić information content (AvgIpc) is 2.40. The number of nitrogens with one attached hydrogen (secondary N) is 1. The molecule has 0 aromatic heterocycles. The lowest BCUT2D eigenvalue weighted by Crippen LogP contribution is -2.33. The summed E-state index contributed by atoms with van der Waals surface area (Å²) in [6.07, 6.45) is 0. The largest absolute Gasteiger partial charge is 0.385 e. The Morgan fingerprint density at radius 1 is 1.28 bits per heavy atom. The van der Waals surface area contributed by atoms with Crippen LogP contribution in [0.5, 0.6) is 0 Å². The summed E-state index contributed by atoms with van der Waals surface area (Å²) in [6, 6.07) is 7.58. The Balaban J connectivity index is 2.69. The van der Waals surface area contributed by atoms with E-state index in [0.717, 1.165) is 17.8 Å². The Morgan fingerprint density at radius 3 is 2.44 bits per heavy atom. The zero-order valence-electron chi connectivity index (χ0n) is 11.4. The number of carbonyl (C=O) groups excluding carboxylic acids is 1. The van der Waals surface area contributed by atoms with E-state index in [1.54, 1.807) is 12.0 Å². The Bertz CT molecular complexity index is 363. The zero-order valence-corrected chi connectivity index (χ0v) is 11.4. The molecule has 0 aliphatic heterocycles. The van der Waals surface area contributed by atoms with Crippen LogP contribution in [-0.4, -0.2) is 44.2 Å². The maximum absolute atomic E-state index is 12.2. The van der Waals surface area contributed by atoms with Crippen LogP contribution in [0.15, 0.2) is 24.3 Å². The van der Waals surface area contributed by atoms with Gasteiger partial charge >= 0.3 is 0 Å². The van der Waals surface area contributed by atoms with Gasteiger partial charge in [0.25, 0.3) is 5.91 Å². The number of nitrogens with zero attached hydrogens (tertiary/aromatic N) is 1. The van der Waals surface area contributed by atoms with Crippen molar-refractivity contribution in [3.63, 3.8) is 0 Å². The van der Waals surface area contributed by atoms with E-state index in [-0.39, 0.29) is 5.91 Å². The minimum Gasteiger partial charge on any atom is -0.385 e. The van der Waals surface area contributed by atoms with Crippen molar-refractivity contribution in [3.05, 3.63) is 29.8 Å². The van der Waals surface area contributed by atoms with Gasteiger partial charge in [0.05, 0.1) is 6.61 Å². The van der Waals surface area contributed by atoms with E-state index in [9.17, 15) is 4.79 Å². The molecule has 1 amide bonds. The maximum Gasteiger partial charge on any atom is 0.253 e. The fraction of sp³-hybridized carbons (Fsp3) is 0.500. The first-order valence-corrected chi connectivity index (χ1v) is 6.35. The molecule has 0 bridgehead atoms. The summed E-state index contributed by atoms with van der Waals surface area (Å²) < 4.78 is 5.01. The summed E-state index contributed by atoms with van der Waals surface area (Å²) in [7, 11) is 1.64. The zero-order chi connectivity index (χ0) is 13.4. The quantitative estimate of drug-likeness (QED) is 0.807. The highest BCUT2D eigenvalue weighted by molar-refractivity contribution is 5.94. The minimum absolute atomic E-state index is 0.0533. The first kappa shape index (κ1) is 14.5. The summed E-state index contributed by atoms with van der Waals surface area (Å²) in [5.74, 6) is 0.0533. The highest BCUT2D eigenvalue weighted by Crippen LogP contribution is 2.11. The molecule has 1 aromatic rings. The van der Waals surface area contributed by atoms with Gasteiger partial charge in [0, 0.05) is 38.0 Å². The number of hydrogen-bond donors (Lipinski definition) is 1. The number of amides is 1. The Kier molecular flexibility index (Phi) is 6.22. The van der Waals surface area contributed by atoms with Gasteiger partial charge in [-0.15, -0.1) is 0 Å². The van der Waals surface area contributed by atoms with E-state index in [4.69, 9.17) is 4.74 Å². The summed E-state index contributed by atoms with van der Waals surface area (Å²) in [4.78, 5) is 14.0. The van der Waals surface area contributed by atoms with Gasteiger partial charge < -0.3 is 15.0 Å². The second kappa shape index (κ2) is 7.71. The molecule has 1 aromatic carbocycles. The fourth-order valence-electron chi connectivity index (χ4n) is 1.72. The molecule has 18 heavy (non-hydrogen) atoms. The predicted molar refractivity (Wildman–Crippen MR) is 74.1 cm³/mol. The van der Waals surface area contributed by atoms with Crippen molar-refractivity contribution in [2.45, 2.75) is 13.8 Å². The SMILES string of the molecule is CCNc1ccc(C(=O)N(CC)CCOC)cc1. The third-order valence-electron chi connectivity index (χ3n) is 2.75. The molecule has 0 unspecified atom stereocenters. The van der Waals surface area contributed by atoms with Crippen molar-refractivity contribution in [1.82, 2.24) is 4.90 Å². The number of anilines is 1. The maximum atomic E-state index is 12.2. The van der Waals surface area contributed by atoms with E-state index >= 15 is 0 Å². The molecule has 0 fully saturated rings. The second-order valence-corrected chi connectivity index (χ2v) is 3.99. The molecule has 0 aliphatic carbocycles. The van der Waals surface area contributed by atoms with Gasteiger partial charge in [-0.3, -0.25) is 4.79 Å². The molecule has 0 saturated carbocycles. The van der Waals surface area contributed by atoms with E-state index < -0.39 is 0 Å². The summed E-state index contributed by atoms with van der Waals surface area (Å²) in [6.45, 7) is 6.78. The Labute approximate surface area is 109 Å². The van der Waals surface area contributed by atoms with Gasteiger partial charge in [0.1, 0.15) is 0 Å². The molecule has 0 saturated heterocycles. The van der Waals surface area contributed by atoms with Crippen molar-refractivity contribution in [3.8, 4) is 0 Å². The molecule has 4 nitrogen and oxygen atoms in total. The van der Waals surface area contributed by atoms with Crippen LogP contribution < -0.4 is 5.32 Å². The smallest absolute Gasteiger partial charge is 0.253 e. The molecule has 100 valence electrons. The molecule has 0 atom stereocenters. The van der Waals surface area contributed by atoms with Crippen molar-refractivity contribution >= 4 is 11.6 Å². The standard InChI is InChI=1S/C14H22N2O2/c1-4-15-13-8-6-12(7-9-13)14(17)16(5-2)10-11-18-3/h6-9,15H,4-5,10-11H2,1-3H3. The summed E-state index contributed by atoms with van der Waals surface area (Å²) in [5, 5.41) is 3.21. The highest BCUT2D eigenvalue weighted by atomic mass is 16.5. The van der Waals surface area contributed by atoms with Crippen molar-refractivity contribution in [2.24, 2.45) is 0 Å². The highest BCUT2D eigenvalue weighted by Gasteiger charge is 2.13. The number of hydrogen-bond acceptors (Lipinski definition) is 3. The van der Waals surface area contributed by atoms with Gasteiger partial charge in [-0.2, -0.15) is 0 Å². The molecule has 0 radical (unpaired) electrons. The average molecular weight is 250 g/mol.